The van der Waals surface area contributed by atoms with E-state index in [4.69, 9.17) is 4.74 Å². The van der Waals surface area contributed by atoms with Crippen LogP contribution in [0.3, 0.4) is 0 Å². The number of benzene rings is 1. The van der Waals surface area contributed by atoms with Gasteiger partial charge in [0, 0.05) is 19.0 Å². The van der Waals surface area contributed by atoms with Gasteiger partial charge in [-0.05, 0) is 18.1 Å². The largest absolute Gasteiger partial charge is 0.378 e. The summed E-state index contributed by atoms with van der Waals surface area (Å²) in [6.07, 6.45) is 0.710. The third kappa shape index (κ3) is 4.91. The molecule has 0 spiro atoms. The second-order valence-corrected chi connectivity index (χ2v) is 5.48. The van der Waals surface area contributed by atoms with Gasteiger partial charge in [-0.3, -0.25) is 4.79 Å². The van der Waals surface area contributed by atoms with Crippen molar-refractivity contribution in [2.24, 2.45) is 0 Å². The highest BCUT2D eigenvalue weighted by Crippen LogP contribution is 2.11. The summed E-state index contributed by atoms with van der Waals surface area (Å²) < 4.78 is 18.4. The molecule has 0 saturated heterocycles. The van der Waals surface area contributed by atoms with Crippen molar-refractivity contribution in [3.8, 4) is 0 Å². The van der Waals surface area contributed by atoms with Crippen LogP contribution in [0.5, 0.6) is 0 Å². The standard InChI is InChI=1S/C15H17FN2O2S/c1-20-9-15-18-12(10-21-15)8-14(19)17-7-6-11-4-2-3-5-13(11)16/h2-5,10H,6-9H2,1H3,(H,17,19). The van der Waals surface area contributed by atoms with Gasteiger partial charge in [0.25, 0.3) is 0 Å². The van der Waals surface area contributed by atoms with Crippen LogP contribution in [-0.2, 0) is 29.0 Å². The predicted molar refractivity (Wildman–Crippen MR) is 79.6 cm³/mol. The Morgan fingerprint density at radius 1 is 1.43 bits per heavy atom. The quantitative estimate of drug-likeness (QED) is 0.854. The zero-order chi connectivity index (χ0) is 15.1. The van der Waals surface area contributed by atoms with Crippen LogP contribution < -0.4 is 5.32 Å². The average Bonchev–Trinajstić information content (AvgIpc) is 2.88. The third-order valence-electron chi connectivity index (χ3n) is 2.88. The summed E-state index contributed by atoms with van der Waals surface area (Å²) in [5, 5.41) is 5.48. The highest BCUT2D eigenvalue weighted by Gasteiger charge is 2.08. The van der Waals surface area contributed by atoms with E-state index in [0.29, 0.717) is 25.1 Å². The topological polar surface area (TPSA) is 51.2 Å². The van der Waals surface area contributed by atoms with Crippen LogP contribution in [0.4, 0.5) is 4.39 Å². The Morgan fingerprint density at radius 3 is 3.00 bits per heavy atom. The van der Waals surface area contributed by atoms with Crippen molar-refractivity contribution < 1.29 is 13.9 Å². The highest BCUT2D eigenvalue weighted by molar-refractivity contribution is 7.09. The normalized spacial score (nSPS) is 10.6. The predicted octanol–water partition coefficient (Wildman–Crippen LogP) is 2.33. The molecular weight excluding hydrogens is 291 g/mol. The molecule has 2 rings (SSSR count). The maximum absolute atomic E-state index is 13.4. The minimum Gasteiger partial charge on any atom is -0.378 e. The maximum atomic E-state index is 13.4. The van der Waals surface area contributed by atoms with Gasteiger partial charge < -0.3 is 10.1 Å². The molecule has 0 aliphatic carbocycles. The van der Waals surface area contributed by atoms with Crippen LogP contribution in [0.25, 0.3) is 0 Å². The fourth-order valence-electron chi connectivity index (χ4n) is 1.88. The smallest absolute Gasteiger partial charge is 0.226 e. The first-order valence-corrected chi connectivity index (χ1v) is 7.49. The van der Waals surface area contributed by atoms with Crippen LogP contribution >= 0.6 is 11.3 Å². The number of rotatable bonds is 7. The molecule has 6 heteroatoms. The molecule has 1 aromatic heterocycles. The van der Waals surface area contributed by atoms with Crippen molar-refractivity contribution >= 4 is 17.2 Å². The molecule has 0 saturated carbocycles. The van der Waals surface area contributed by atoms with Gasteiger partial charge in [0.15, 0.2) is 0 Å². The number of aromatic nitrogens is 1. The second kappa shape index (κ2) is 7.85. The lowest BCUT2D eigenvalue weighted by Gasteiger charge is -2.05. The molecule has 0 atom stereocenters. The maximum Gasteiger partial charge on any atom is 0.226 e. The van der Waals surface area contributed by atoms with E-state index in [1.165, 1.54) is 17.4 Å². The summed E-state index contributed by atoms with van der Waals surface area (Å²) in [5.74, 6) is -0.351. The monoisotopic (exact) mass is 308 g/mol. The molecule has 4 nitrogen and oxygen atoms in total. The van der Waals surface area contributed by atoms with Gasteiger partial charge in [0.05, 0.1) is 18.7 Å². The van der Waals surface area contributed by atoms with Crippen LogP contribution in [0.15, 0.2) is 29.6 Å². The Morgan fingerprint density at radius 2 is 2.24 bits per heavy atom. The van der Waals surface area contributed by atoms with E-state index in [1.807, 2.05) is 5.38 Å². The van der Waals surface area contributed by atoms with Crippen LogP contribution in [0, 0.1) is 5.82 Å². The van der Waals surface area contributed by atoms with Gasteiger partial charge in [-0.2, -0.15) is 0 Å². The SMILES string of the molecule is COCc1nc(CC(=O)NCCc2ccccc2F)cs1. The fraction of sp³-hybridized carbons (Fsp3) is 0.333. The number of carbonyl (C=O) groups is 1. The van der Waals surface area contributed by atoms with Crippen LogP contribution in [0.1, 0.15) is 16.3 Å². The molecular formula is C15H17FN2O2S. The van der Waals surface area contributed by atoms with E-state index < -0.39 is 0 Å². The van der Waals surface area contributed by atoms with Gasteiger partial charge in [-0.15, -0.1) is 11.3 Å². The highest BCUT2D eigenvalue weighted by atomic mass is 32.1. The Hall–Kier alpha value is -1.79. The first kappa shape index (κ1) is 15.6. The molecule has 0 radical (unpaired) electrons. The van der Waals surface area contributed by atoms with Crippen LogP contribution in [0.2, 0.25) is 0 Å². The summed E-state index contributed by atoms with van der Waals surface area (Å²) in [4.78, 5) is 16.1. The number of amides is 1. The van der Waals surface area contributed by atoms with Crippen molar-refractivity contribution in [2.45, 2.75) is 19.4 Å². The molecule has 0 aliphatic heterocycles. The number of hydrogen-bond donors (Lipinski definition) is 1. The molecule has 1 N–H and O–H groups in total. The Bertz CT molecular complexity index is 601. The number of methoxy groups -OCH3 is 1. The summed E-state index contributed by atoms with van der Waals surface area (Å²) in [6.45, 7) is 0.869. The molecule has 0 fully saturated rings. The number of ether oxygens (including phenoxy) is 1. The van der Waals surface area contributed by atoms with Gasteiger partial charge in [-0.25, -0.2) is 9.37 Å². The lowest BCUT2D eigenvalue weighted by Crippen LogP contribution is -2.27. The number of nitrogens with zero attached hydrogens (tertiary/aromatic N) is 1. The number of halogens is 1. The Labute approximate surface area is 127 Å². The lowest BCUT2D eigenvalue weighted by molar-refractivity contribution is -0.120. The minimum atomic E-state index is -0.240. The number of thiazole rings is 1. The first-order valence-electron chi connectivity index (χ1n) is 6.61. The van der Waals surface area contributed by atoms with Crippen molar-refractivity contribution in [2.75, 3.05) is 13.7 Å². The Kier molecular flexibility index (Phi) is 5.83. The van der Waals surface area contributed by atoms with Gasteiger partial charge in [0.2, 0.25) is 5.91 Å². The zero-order valence-electron chi connectivity index (χ0n) is 11.8. The molecule has 112 valence electrons. The van der Waals surface area contributed by atoms with Gasteiger partial charge >= 0.3 is 0 Å². The lowest BCUT2D eigenvalue weighted by atomic mass is 10.1. The molecule has 0 unspecified atom stereocenters. The molecule has 1 amide bonds. The fourth-order valence-corrected chi connectivity index (χ4v) is 2.65. The van der Waals surface area contributed by atoms with E-state index in [9.17, 15) is 9.18 Å². The van der Waals surface area contributed by atoms with Crippen molar-refractivity contribution in [3.63, 3.8) is 0 Å². The van der Waals surface area contributed by atoms with E-state index in [-0.39, 0.29) is 18.1 Å². The molecule has 0 aliphatic rings. The van der Waals surface area contributed by atoms with E-state index >= 15 is 0 Å². The van der Waals surface area contributed by atoms with E-state index in [0.717, 1.165) is 10.7 Å². The third-order valence-corrected chi connectivity index (χ3v) is 3.75. The van der Waals surface area contributed by atoms with Crippen molar-refractivity contribution in [1.29, 1.82) is 0 Å². The molecule has 1 heterocycles. The van der Waals surface area contributed by atoms with Crippen molar-refractivity contribution in [3.05, 3.63) is 51.7 Å². The second-order valence-electron chi connectivity index (χ2n) is 4.53. The molecule has 0 bridgehead atoms. The van der Waals surface area contributed by atoms with Crippen LogP contribution in [-0.4, -0.2) is 24.5 Å². The van der Waals surface area contributed by atoms with Gasteiger partial charge in [0.1, 0.15) is 10.8 Å². The summed E-state index contributed by atoms with van der Waals surface area (Å²) in [7, 11) is 1.61. The van der Waals surface area contributed by atoms with E-state index in [1.54, 1.807) is 25.3 Å². The minimum absolute atomic E-state index is 0.111. The molecule has 1 aromatic carbocycles. The van der Waals surface area contributed by atoms with Gasteiger partial charge in [-0.1, -0.05) is 18.2 Å². The summed E-state index contributed by atoms with van der Waals surface area (Å²) in [5.41, 5.74) is 1.34. The Balaban J connectivity index is 1.75. The van der Waals surface area contributed by atoms with E-state index in [2.05, 4.69) is 10.3 Å². The number of hydrogen-bond acceptors (Lipinski definition) is 4. The summed E-state index contributed by atoms with van der Waals surface area (Å²) in [6, 6.07) is 6.58. The van der Waals surface area contributed by atoms with Crippen molar-refractivity contribution in [1.82, 2.24) is 10.3 Å². The average molecular weight is 308 g/mol. The number of nitrogens with one attached hydrogen (secondary N) is 1. The number of carbonyl (C=O) groups excluding carboxylic acids is 1. The molecule has 21 heavy (non-hydrogen) atoms. The first-order chi connectivity index (χ1) is 10.2. The zero-order valence-corrected chi connectivity index (χ0v) is 12.6. The molecule has 2 aromatic rings. The summed E-state index contributed by atoms with van der Waals surface area (Å²) >= 11 is 1.47.